The lowest BCUT2D eigenvalue weighted by atomic mass is 9.95. The molecule has 0 atom stereocenters. The highest BCUT2D eigenvalue weighted by Crippen LogP contribution is 2.46. The van der Waals surface area contributed by atoms with Crippen molar-refractivity contribution in [1.29, 1.82) is 0 Å². The molecule has 0 N–H and O–H groups in total. The van der Waals surface area contributed by atoms with Gasteiger partial charge in [-0.05, 0) is 23.8 Å². The lowest BCUT2D eigenvalue weighted by Crippen LogP contribution is -1.87. The molecule has 0 unspecified atom stereocenters. The van der Waals surface area contributed by atoms with Crippen LogP contribution in [0.3, 0.4) is 0 Å². The van der Waals surface area contributed by atoms with Crippen molar-refractivity contribution in [3.8, 4) is 16.9 Å². The Morgan fingerprint density at radius 3 is 2.15 bits per heavy atom. The molecule has 5 rings (SSSR count). The molecule has 0 saturated heterocycles. The van der Waals surface area contributed by atoms with E-state index in [0.717, 1.165) is 54.6 Å². The fraction of sp³-hybridized carbons (Fsp3) is 0.0435. The molecule has 3 heteroatoms. The van der Waals surface area contributed by atoms with Gasteiger partial charge in [-0.3, -0.25) is 0 Å². The average molecular weight is 359 g/mol. The van der Waals surface area contributed by atoms with E-state index in [4.69, 9.17) is 20.8 Å². The largest absolute Gasteiger partial charge is 0.497 e. The summed E-state index contributed by atoms with van der Waals surface area (Å²) in [6.45, 7) is 0. The van der Waals surface area contributed by atoms with E-state index in [-0.39, 0.29) is 0 Å². The number of para-hydroxylation sites is 1. The molecular weight excluding hydrogens is 344 g/mol. The predicted molar refractivity (Wildman–Crippen MR) is 108 cm³/mol. The second-order valence-electron chi connectivity index (χ2n) is 6.27. The second-order valence-corrected chi connectivity index (χ2v) is 6.64. The molecule has 0 aliphatic carbocycles. The minimum atomic E-state index is 0.741. The summed E-state index contributed by atoms with van der Waals surface area (Å²) in [5.41, 5.74) is 3.77. The molecule has 2 nitrogen and oxygen atoms in total. The summed E-state index contributed by atoms with van der Waals surface area (Å²) in [4.78, 5) is 0. The van der Waals surface area contributed by atoms with Gasteiger partial charge in [0.15, 0.2) is 0 Å². The van der Waals surface area contributed by atoms with Gasteiger partial charge in [0.25, 0.3) is 0 Å². The summed E-state index contributed by atoms with van der Waals surface area (Å²) in [5.74, 6) is 0.818. The summed E-state index contributed by atoms with van der Waals surface area (Å²) in [6.07, 6.45) is 0. The first-order valence-corrected chi connectivity index (χ1v) is 8.81. The average Bonchev–Trinajstić information content (AvgIpc) is 3.08. The summed E-state index contributed by atoms with van der Waals surface area (Å²) in [5, 5.41) is 4.88. The van der Waals surface area contributed by atoms with Gasteiger partial charge in [-0.15, -0.1) is 0 Å². The van der Waals surface area contributed by atoms with Gasteiger partial charge in [-0.25, -0.2) is 0 Å². The van der Waals surface area contributed by atoms with Gasteiger partial charge in [0, 0.05) is 27.1 Å². The van der Waals surface area contributed by atoms with Crippen molar-refractivity contribution in [2.24, 2.45) is 0 Å². The quantitative estimate of drug-likeness (QED) is 0.336. The van der Waals surface area contributed by atoms with Crippen LogP contribution < -0.4 is 4.74 Å². The Balaban J connectivity index is 2.00. The fourth-order valence-electron chi connectivity index (χ4n) is 3.63. The predicted octanol–water partition coefficient (Wildman–Crippen LogP) is 7.07. The number of furan rings is 1. The highest BCUT2D eigenvalue weighted by molar-refractivity contribution is 6.42. The molecule has 0 aliphatic heterocycles. The third-order valence-electron chi connectivity index (χ3n) is 4.85. The van der Waals surface area contributed by atoms with E-state index < -0.39 is 0 Å². The number of fused-ring (bicyclic) bond motifs is 5. The van der Waals surface area contributed by atoms with E-state index in [1.807, 2.05) is 60.7 Å². The summed E-state index contributed by atoms with van der Waals surface area (Å²) in [7, 11) is 1.67. The molecule has 4 aromatic carbocycles. The molecule has 0 aliphatic rings. The van der Waals surface area contributed by atoms with E-state index in [2.05, 4.69) is 12.1 Å². The van der Waals surface area contributed by atoms with Crippen molar-refractivity contribution in [2.45, 2.75) is 0 Å². The number of ether oxygens (including phenoxy) is 1. The molecule has 0 fully saturated rings. The Bertz CT molecular complexity index is 1270. The molecule has 0 amide bonds. The first-order valence-electron chi connectivity index (χ1n) is 8.44. The van der Waals surface area contributed by atoms with E-state index in [9.17, 15) is 0 Å². The Morgan fingerprint density at radius 1 is 0.769 bits per heavy atom. The smallest absolute Gasteiger partial charge is 0.143 e. The van der Waals surface area contributed by atoms with Crippen molar-refractivity contribution in [1.82, 2.24) is 0 Å². The highest BCUT2D eigenvalue weighted by Gasteiger charge is 2.20. The van der Waals surface area contributed by atoms with E-state index >= 15 is 0 Å². The van der Waals surface area contributed by atoms with Gasteiger partial charge in [-0.2, -0.15) is 0 Å². The molecule has 0 bridgehead atoms. The van der Waals surface area contributed by atoms with E-state index in [0.29, 0.717) is 0 Å². The van der Waals surface area contributed by atoms with Gasteiger partial charge < -0.3 is 9.15 Å². The molecule has 126 valence electrons. The van der Waals surface area contributed by atoms with Crippen molar-refractivity contribution in [3.63, 3.8) is 0 Å². The molecule has 26 heavy (non-hydrogen) atoms. The zero-order valence-electron chi connectivity index (χ0n) is 14.1. The second kappa shape index (κ2) is 5.79. The van der Waals surface area contributed by atoms with Crippen LogP contribution in [-0.2, 0) is 0 Å². The molecule has 1 aromatic heterocycles. The third-order valence-corrected chi connectivity index (χ3v) is 5.24. The Morgan fingerprint density at radius 2 is 1.42 bits per heavy atom. The maximum absolute atomic E-state index is 6.91. The minimum Gasteiger partial charge on any atom is -0.497 e. The minimum absolute atomic E-state index is 0.741. The van der Waals surface area contributed by atoms with Crippen LogP contribution in [0.1, 0.15) is 0 Å². The normalized spacial score (nSPS) is 11.5. The fourth-order valence-corrected chi connectivity index (χ4v) is 4.00. The van der Waals surface area contributed by atoms with Crippen LogP contribution in [0.4, 0.5) is 0 Å². The number of methoxy groups -OCH3 is 1. The molecule has 5 aromatic rings. The molecule has 1 heterocycles. The van der Waals surface area contributed by atoms with Crippen LogP contribution in [0.15, 0.2) is 77.2 Å². The SMILES string of the molecule is COc1ccc(-c2c(Cl)c3ccccc3c3oc4ccccc4c23)cc1. The number of hydrogen-bond acceptors (Lipinski definition) is 2. The zero-order valence-corrected chi connectivity index (χ0v) is 14.9. The van der Waals surface area contributed by atoms with Gasteiger partial charge >= 0.3 is 0 Å². The molecule has 0 saturated carbocycles. The van der Waals surface area contributed by atoms with Crippen LogP contribution in [0, 0.1) is 0 Å². The van der Waals surface area contributed by atoms with Gasteiger partial charge in [0.05, 0.1) is 12.1 Å². The standard InChI is InChI=1S/C23H15ClO2/c1-25-15-12-10-14(11-13-15)20-21-18-8-4-5-9-19(18)26-23(21)17-7-3-2-6-16(17)22(20)24/h2-13H,1H3. The van der Waals surface area contributed by atoms with Crippen LogP contribution >= 0.6 is 11.6 Å². The Labute approximate surface area is 155 Å². The first kappa shape index (κ1) is 15.3. The Kier molecular flexibility index (Phi) is 3.41. The van der Waals surface area contributed by atoms with Crippen LogP contribution in [-0.4, -0.2) is 7.11 Å². The van der Waals surface area contributed by atoms with Gasteiger partial charge in [0.2, 0.25) is 0 Å². The number of benzene rings is 4. The number of halogens is 1. The van der Waals surface area contributed by atoms with Crippen molar-refractivity contribution in [3.05, 3.63) is 77.8 Å². The topological polar surface area (TPSA) is 22.4 Å². The zero-order chi connectivity index (χ0) is 17.7. The van der Waals surface area contributed by atoms with Crippen LogP contribution in [0.25, 0.3) is 43.8 Å². The summed E-state index contributed by atoms with van der Waals surface area (Å²) in [6, 6.07) is 24.2. The van der Waals surface area contributed by atoms with Crippen LogP contribution in [0.2, 0.25) is 5.02 Å². The third kappa shape index (κ3) is 2.12. The summed E-state index contributed by atoms with van der Waals surface area (Å²) < 4.78 is 11.5. The maximum Gasteiger partial charge on any atom is 0.143 e. The van der Waals surface area contributed by atoms with Crippen molar-refractivity contribution >= 4 is 44.3 Å². The van der Waals surface area contributed by atoms with Crippen molar-refractivity contribution < 1.29 is 9.15 Å². The van der Waals surface area contributed by atoms with E-state index in [1.54, 1.807) is 7.11 Å². The monoisotopic (exact) mass is 358 g/mol. The van der Waals surface area contributed by atoms with Crippen molar-refractivity contribution in [2.75, 3.05) is 7.11 Å². The first-order chi connectivity index (χ1) is 12.8. The highest BCUT2D eigenvalue weighted by atomic mass is 35.5. The van der Waals surface area contributed by atoms with Gasteiger partial charge in [0.1, 0.15) is 16.9 Å². The lowest BCUT2D eigenvalue weighted by Gasteiger charge is -2.11. The maximum atomic E-state index is 6.91. The van der Waals surface area contributed by atoms with Crippen LogP contribution in [0.5, 0.6) is 5.75 Å². The Hall–Kier alpha value is -2.97. The molecule has 0 radical (unpaired) electrons. The van der Waals surface area contributed by atoms with Gasteiger partial charge in [-0.1, -0.05) is 66.2 Å². The lowest BCUT2D eigenvalue weighted by molar-refractivity contribution is 0.415. The van der Waals surface area contributed by atoms with E-state index in [1.165, 1.54) is 0 Å². The molecular formula is C23H15ClO2. The number of rotatable bonds is 2. The summed E-state index contributed by atoms with van der Waals surface area (Å²) >= 11 is 6.91. The number of hydrogen-bond donors (Lipinski definition) is 0. The molecule has 0 spiro atoms.